The number of hydrogen-bond donors (Lipinski definition) is 1. The van der Waals surface area contributed by atoms with Gasteiger partial charge in [-0.3, -0.25) is 9.62 Å². The molecule has 1 aliphatic rings. The van der Waals surface area contributed by atoms with Crippen LogP contribution < -0.4 is 9.62 Å². The second kappa shape index (κ2) is 13.9. The van der Waals surface area contributed by atoms with E-state index in [1.165, 1.54) is 69.9 Å². The third-order valence-corrected chi connectivity index (χ3v) is 7.62. The highest BCUT2D eigenvalue weighted by molar-refractivity contribution is 7.92. The van der Waals surface area contributed by atoms with E-state index in [9.17, 15) is 8.42 Å². The number of hydrogen-bond acceptors (Lipinski definition) is 4. The Morgan fingerprint density at radius 2 is 1.51 bits per heavy atom. The lowest BCUT2D eigenvalue weighted by atomic mass is 10.1. The standard InChI is InChI=1S/C29H45N3O2S/c1-4-6-7-8-9-13-20-31(22-25-14-11-10-12-15-25)23-26-21-27(26)24-32(5-2)29-18-16-28(17-19-29)30-35(3,33)34/h10-12,14-19,26-27,30H,4-9,13,20-24H2,1-3H3. The van der Waals surface area contributed by atoms with Gasteiger partial charge < -0.3 is 4.90 Å². The van der Waals surface area contributed by atoms with Crippen molar-refractivity contribution in [2.45, 2.75) is 65.3 Å². The minimum absolute atomic E-state index is 0.614. The zero-order valence-corrected chi connectivity index (χ0v) is 22.8. The molecule has 3 rings (SSSR count). The van der Waals surface area contributed by atoms with E-state index in [1.807, 2.05) is 24.3 Å². The van der Waals surface area contributed by atoms with Crippen molar-refractivity contribution in [2.24, 2.45) is 11.8 Å². The Balaban J connectivity index is 1.50. The predicted molar refractivity (Wildman–Crippen MR) is 149 cm³/mol. The second-order valence-electron chi connectivity index (χ2n) is 10.2. The molecule has 0 bridgehead atoms. The number of benzene rings is 2. The molecular formula is C29H45N3O2S. The summed E-state index contributed by atoms with van der Waals surface area (Å²) in [7, 11) is -3.25. The van der Waals surface area contributed by atoms with Gasteiger partial charge in [-0.05, 0) is 68.0 Å². The number of unbranched alkanes of at least 4 members (excludes halogenated alkanes) is 5. The molecule has 2 aromatic rings. The number of nitrogens with one attached hydrogen (secondary N) is 1. The zero-order valence-electron chi connectivity index (χ0n) is 22.0. The second-order valence-corrected chi connectivity index (χ2v) is 12.0. The fourth-order valence-corrected chi connectivity index (χ4v) is 5.50. The first kappa shape index (κ1) is 27.5. The van der Waals surface area contributed by atoms with Crippen molar-refractivity contribution in [1.82, 2.24) is 4.90 Å². The first-order chi connectivity index (χ1) is 16.9. The molecule has 1 aliphatic carbocycles. The Morgan fingerprint density at radius 1 is 0.857 bits per heavy atom. The third-order valence-electron chi connectivity index (χ3n) is 7.01. The van der Waals surface area contributed by atoms with Crippen molar-refractivity contribution in [3.05, 3.63) is 60.2 Å². The van der Waals surface area contributed by atoms with Gasteiger partial charge in [0.2, 0.25) is 10.0 Å². The minimum Gasteiger partial charge on any atom is -0.372 e. The van der Waals surface area contributed by atoms with Gasteiger partial charge in [-0.2, -0.15) is 0 Å². The first-order valence-electron chi connectivity index (χ1n) is 13.5. The van der Waals surface area contributed by atoms with Crippen molar-refractivity contribution in [1.29, 1.82) is 0 Å². The van der Waals surface area contributed by atoms with E-state index in [-0.39, 0.29) is 0 Å². The average Bonchev–Trinajstić information content (AvgIpc) is 3.57. The quantitative estimate of drug-likeness (QED) is 0.257. The molecule has 2 unspecified atom stereocenters. The van der Waals surface area contributed by atoms with Crippen molar-refractivity contribution < 1.29 is 8.42 Å². The van der Waals surface area contributed by atoms with E-state index in [2.05, 4.69) is 58.7 Å². The van der Waals surface area contributed by atoms with Crippen LogP contribution in [0.5, 0.6) is 0 Å². The molecule has 6 heteroatoms. The fourth-order valence-electron chi connectivity index (χ4n) is 4.94. The van der Waals surface area contributed by atoms with Crippen LogP contribution in [-0.4, -0.2) is 45.8 Å². The Kier molecular flexibility index (Phi) is 10.9. The number of sulfonamides is 1. The van der Waals surface area contributed by atoms with E-state index >= 15 is 0 Å². The molecule has 0 saturated heterocycles. The van der Waals surface area contributed by atoms with Gasteiger partial charge in [0, 0.05) is 37.6 Å². The zero-order chi connectivity index (χ0) is 25.1. The number of rotatable bonds is 17. The summed E-state index contributed by atoms with van der Waals surface area (Å²) < 4.78 is 25.5. The van der Waals surface area contributed by atoms with Crippen LogP contribution in [0.25, 0.3) is 0 Å². The monoisotopic (exact) mass is 499 g/mol. The van der Waals surface area contributed by atoms with Gasteiger partial charge in [0.15, 0.2) is 0 Å². The van der Waals surface area contributed by atoms with Crippen LogP contribution in [0.3, 0.4) is 0 Å². The molecule has 0 aliphatic heterocycles. The molecular weight excluding hydrogens is 454 g/mol. The molecule has 0 aromatic heterocycles. The Labute approximate surface area is 214 Å². The summed E-state index contributed by atoms with van der Waals surface area (Å²) in [5.74, 6) is 1.49. The highest BCUT2D eigenvalue weighted by Crippen LogP contribution is 2.40. The van der Waals surface area contributed by atoms with Crippen LogP contribution in [0.1, 0.15) is 64.4 Å². The SMILES string of the molecule is CCCCCCCCN(Cc1ccccc1)CC1CC1CN(CC)c1ccc(NS(C)(=O)=O)cc1. The maximum atomic E-state index is 11.5. The molecule has 0 amide bonds. The maximum absolute atomic E-state index is 11.5. The van der Waals surface area contributed by atoms with Crippen LogP contribution in [0.15, 0.2) is 54.6 Å². The summed E-state index contributed by atoms with van der Waals surface area (Å²) >= 11 is 0. The summed E-state index contributed by atoms with van der Waals surface area (Å²) in [5, 5.41) is 0. The largest absolute Gasteiger partial charge is 0.372 e. The minimum atomic E-state index is -3.25. The summed E-state index contributed by atoms with van der Waals surface area (Å²) in [4.78, 5) is 5.10. The molecule has 5 nitrogen and oxygen atoms in total. The van der Waals surface area contributed by atoms with E-state index in [4.69, 9.17) is 0 Å². The van der Waals surface area contributed by atoms with Crippen LogP contribution in [-0.2, 0) is 16.6 Å². The highest BCUT2D eigenvalue weighted by atomic mass is 32.2. The van der Waals surface area contributed by atoms with Crippen LogP contribution in [0, 0.1) is 11.8 Å². The highest BCUT2D eigenvalue weighted by Gasteiger charge is 2.39. The number of anilines is 2. The topological polar surface area (TPSA) is 52.6 Å². The molecule has 1 N–H and O–H groups in total. The first-order valence-corrected chi connectivity index (χ1v) is 15.4. The van der Waals surface area contributed by atoms with Gasteiger partial charge in [-0.25, -0.2) is 8.42 Å². The predicted octanol–water partition coefficient (Wildman–Crippen LogP) is 6.38. The molecule has 2 atom stereocenters. The molecule has 194 valence electrons. The smallest absolute Gasteiger partial charge is 0.229 e. The third kappa shape index (κ3) is 10.2. The van der Waals surface area contributed by atoms with Gasteiger partial charge in [-0.1, -0.05) is 69.4 Å². The van der Waals surface area contributed by atoms with Crippen molar-refractivity contribution in [2.75, 3.05) is 42.1 Å². The van der Waals surface area contributed by atoms with Crippen LogP contribution in [0.2, 0.25) is 0 Å². The Morgan fingerprint density at radius 3 is 2.17 bits per heavy atom. The average molecular weight is 500 g/mol. The van der Waals surface area contributed by atoms with Gasteiger partial charge in [0.1, 0.15) is 0 Å². The van der Waals surface area contributed by atoms with Crippen LogP contribution in [0.4, 0.5) is 11.4 Å². The van der Waals surface area contributed by atoms with Gasteiger partial charge in [-0.15, -0.1) is 0 Å². The molecule has 1 saturated carbocycles. The lowest BCUT2D eigenvalue weighted by Crippen LogP contribution is -2.29. The van der Waals surface area contributed by atoms with Crippen molar-refractivity contribution in [3.8, 4) is 0 Å². The maximum Gasteiger partial charge on any atom is 0.229 e. The lowest BCUT2D eigenvalue weighted by Gasteiger charge is -2.25. The van der Waals surface area contributed by atoms with E-state index in [0.717, 1.165) is 37.2 Å². The molecule has 0 heterocycles. The van der Waals surface area contributed by atoms with Crippen molar-refractivity contribution in [3.63, 3.8) is 0 Å². The fraction of sp³-hybridized carbons (Fsp3) is 0.586. The summed E-state index contributed by atoms with van der Waals surface area (Å²) in [6.45, 7) is 9.91. The molecule has 0 spiro atoms. The Hall–Kier alpha value is -2.05. The summed E-state index contributed by atoms with van der Waals surface area (Å²) in [5.41, 5.74) is 3.18. The number of nitrogens with zero attached hydrogens (tertiary/aromatic N) is 2. The van der Waals surface area contributed by atoms with E-state index in [0.29, 0.717) is 5.69 Å². The lowest BCUT2D eigenvalue weighted by molar-refractivity contribution is 0.243. The molecule has 1 fully saturated rings. The summed E-state index contributed by atoms with van der Waals surface area (Å²) in [6.07, 6.45) is 10.5. The van der Waals surface area contributed by atoms with E-state index in [1.54, 1.807) is 0 Å². The van der Waals surface area contributed by atoms with Gasteiger partial charge >= 0.3 is 0 Å². The normalized spacial score (nSPS) is 17.5. The molecule has 2 aromatic carbocycles. The molecule has 0 radical (unpaired) electrons. The van der Waals surface area contributed by atoms with E-state index < -0.39 is 10.0 Å². The van der Waals surface area contributed by atoms with Gasteiger partial charge in [0.25, 0.3) is 0 Å². The van der Waals surface area contributed by atoms with Gasteiger partial charge in [0.05, 0.1) is 6.26 Å². The van der Waals surface area contributed by atoms with Crippen molar-refractivity contribution >= 4 is 21.4 Å². The molecule has 35 heavy (non-hydrogen) atoms. The summed E-state index contributed by atoms with van der Waals surface area (Å²) in [6, 6.07) is 18.6. The van der Waals surface area contributed by atoms with Crippen LogP contribution >= 0.6 is 0 Å². The Bertz CT molecular complexity index is 963.